The van der Waals surface area contributed by atoms with E-state index in [9.17, 15) is 13.2 Å². The van der Waals surface area contributed by atoms with Gasteiger partial charge >= 0.3 is 0 Å². The minimum atomic E-state index is -3.47. The summed E-state index contributed by atoms with van der Waals surface area (Å²) in [6.07, 6.45) is 13.4. The van der Waals surface area contributed by atoms with E-state index in [4.69, 9.17) is 16.0 Å². The molecule has 0 spiro atoms. The van der Waals surface area contributed by atoms with Crippen LogP contribution in [0.3, 0.4) is 0 Å². The van der Waals surface area contributed by atoms with Crippen molar-refractivity contribution in [2.24, 2.45) is 5.92 Å². The van der Waals surface area contributed by atoms with Crippen molar-refractivity contribution in [3.8, 4) is 11.3 Å². The van der Waals surface area contributed by atoms with E-state index in [1.165, 1.54) is 18.3 Å². The fourth-order valence-corrected chi connectivity index (χ4v) is 5.10. The van der Waals surface area contributed by atoms with Crippen molar-refractivity contribution in [3.05, 3.63) is 65.8 Å². The van der Waals surface area contributed by atoms with Crippen LogP contribution in [0.25, 0.3) is 16.8 Å². The molecule has 1 amide bonds. The Morgan fingerprint density at radius 2 is 1.97 bits per heavy atom. The lowest BCUT2D eigenvalue weighted by molar-refractivity contribution is -0.111. The van der Waals surface area contributed by atoms with Gasteiger partial charge in [-0.1, -0.05) is 36.6 Å². The molecule has 2 heterocycles. The topological polar surface area (TPSA) is 102 Å². The van der Waals surface area contributed by atoms with Gasteiger partial charge in [0.05, 0.1) is 40.5 Å². The largest absolute Gasteiger partial charge is 0.472 e. The number of hydrogen-bond acceptors (Lipinski definition) is 6. The molecule has 9 heteroatoms. The van der Waals surface area contributed by atoms with Gasteiger partial charge in [-0.2, -0.15) is 0 Å². The lowest BCUT2D eigenvalue weighted by Gasteiger charge is -2.13. The summed E-state index contributed by atoms with van der Waals surface area (Å²) in [6.45, 7) is 0. The van der Waals surface area contributed by atoms with E-state index >= 15 is 0 Å². The molecule has 0 atom stereocenters. The summed E-state index contributed by atoms with van der Waals surface area (Å²) in [5.74, 6) is 0.225. The highest BCUT2D eigenvalue weighted by Gasteiger charge is 2.21. The quantitative estimate of drug-likeness (QED) is 0.507. The van der Waals surface area contributed by atoms with Crippen molar-refractivity contribution in [2.45, 2.75) is 30.6 Å². The van der Waals surface area contributed by atoms with Gasteiger partial charge in [0.1, 0.15) is 0 Å². The molecular weight excluding hydrogens is 450 g/mol. The number of nitrogens with zero attached hydrogens (tertiary/aromatic N) is 2. The number of rotatable bonds is 6. The van der Waals surface area contributed by atoms with E-state index in [1.807, 2.05) is 6.08 Å². The molecule has 166 valence electrons. The van der Waals surface area contributed by atoms with Crippen LogP contribution in [-0.4, -0.2) is 30.5 Å². The average molecular weight is 472 g/mol. The number of carbonyl (C=O) groups excluding carboxylic acids is 1. The third kappa shape index (κ3) is 5.08. The average Bonchev–Trinajstić information content (AvgIpc) is 3.46. The van der Waals surface area contributed by atoms with Gasteiger partial charge < -0.3 is 9.73 Å². The van der Waals surface area contributed by atoms with Crippen molar-refractivity contribution in [1.29, 1.82) is 0 Å². The number of aromatic nitrogens is 2. The van der Waals surface area contributed by atoms with Crippen LogP contribution in [0.4, 0.5) is 5.82 Å². The lowest BCUT2D eigenvalue weighted by atomic mass is 9.98. The molecule has 0 unspecified atom stereocenters. The van der Waals surface area contributed by atoms with Crippen molar-refractivity contribution in [1.82, 2.24) is 9.97 Å². The monoisotopic (exact) mass is 471 g/mol. The SMILES string of the molecule is CS(=O)(=O)c1ccc(/C(=C\C2CCCC2)C(=O)Nc2cnc(-c3ccoc3)cn2)cc1Cl. The Morgan fingerprint density at radius 1 is 1.19 bits per heavy atom. The fraction of sp³-hybridized carbons (Fsp3) is 0.261. The van der Waals surface area contributed by atoms with Crippen molar-refractivity contribution >= 4 is 38.7 Å². The zero-order chi connectivity index (χ0) is 22.7. The molecule has 7 nitrogen and oxygen atoms in total. The zero-order valence-electron chi connectivity index (χ0n) is 17.4. The minimum Gasteiger partial charge on any atom is -0.472 e. The van der Waals surface area contributed by atoms with Crippen LogP contribution in [0, 0.1) is 5.92 Å². The normalized spacial score (nSPS) is 15.1. The summed E-state index contributed by atoms with van der Waals surface area (Å²) >= 11 is 6.24. The number of sulfone groups is 1. The van der Waals surface area contributed by atoms with Crippen molar-refractivity contribution in [3.63, 3.8) is 0 Å². The first kappa shape index (κ1) is 22.2. The zero-order valence-corrected chi connectivity index (χ0v) is 19.0. The van der Waals surface area contributed by atoms with Crippen molar-refractivity contribution < 1.29 is 17.6 Å². The molecule has 0 bridgehead atoms. The summed E-state index contributed by atoms with van der Waals surface area (Å²) < 4.78 is 28.9. The lowest BCUT2D eigenvalue weighted by Crippen LogP contribution is -2.16. The second-order valence-corrected chi connectivity index (χ2v) is 10.2. The Bertz CT molecular complexity index is 1250. The first-order valence-electron chi connectivity index (χ1n) is 10.2. The highest BCUT2D eigenvalue weighted by atomic mass is 35.5. The van der Waals surface area contributed by atoms with E-state index in [-0.39, 0.29) is 21.7 Å². The van der Waals surface area contributed by atoms with E-state index in [1.54, 1.807) is 30.9 Å². The van der Waals surface area contributed by atoms with Gasteiger partial charge in [-0.15, -0.1) is 0 Å². The number of allylic oxidation sites excluding steroid dienone is 1. The van der Waals surface area contributed by atoms with Gasteiger partial charge in [-0.25, -0.2) is 13.4 Å². The molecule has 1 aromatic carbocycles. The third-order valence-corrected chi connectivity index (χ3v) is 6.98. The highest BCUT2D eigenvalue weighted by molar-refractivity contribution is 7.90. The van der Waals surface area contributed by atoms with E-state index in [0.29, 0.717) is 22.6 Å². The Kier molecular flexibility index (Phi) is 6.43. The number of nitrogens with one attached hydrogen (secondary N) is 1. The number of carbonyl (C=O) groups is 1. The molecule has 2 aromatic heterocycles. The van der Waals surface area contributed by atoms with Crippen LogP contribution in [0.2, 0.25) is 5.02 Å². The standard InChI is InChI=1S/C23H22ClN3O4S/c1-32(29,30)21-7-6-16(11-19(21)24)18(10-15-4-2-3-5-15)23(28)27-22-13-25-20(12-26-22)17-8-9-31-14-17/h6-15H,2-5H2,1H3,(H,26,27,28)/b18-10+. The minimum absolute atomic E-state index is 0.0317. The number of furan rings is 1. The highest BCUT2D eigenvalue weighted by Crippen LogP contribution is 2.32. The van der Waals surface area contributed by atoms with Gasteiger partial charge in [0.15, 0.2) is 15.7 Å². The van der Waals surface area contributed by atoms with Gasteiger partial charge in [0.25, 0.3) is 5.91 Å². The fourth-order valence-electron chi connectivity index (χ4n) is 3.77. The van der Waals surface area contributed by atoms with Crippen LogP contribution in [0.15, 0.2) is 64.6 Å². The Morgan fingerprint density at radius 3 is 2.56 bits per heavy atom. The van der Waals surface area contributed by atoms with E-state index in [2.05, 4.69) is 15.3 Å². The number of amides is 1. The predicted molar refractivity (Wildman–Crippen MR) is 123 cm³/mol. The number of hydrogen-bond donors (Lipinski definition) is 1. The van der Waals surface area contributed by atoms with Crippen LogP contribution < -0.4 is 5.32 Å². The maximum atomic E-state index is 13.2. The van der Waals surface area contributed by atoms with E-state index < -0.39 is 9.84 Å². The van der Waals surface area contributed by atoms with Gasteiger partial charge in [0, 0.05) is 17.4 Å². The number of benzene rings is 1. The molecule has 0 saturated heterocycles. The summed E-state index contributed by atoms with van der Waals surface area (Å²) in [5.41, 5.74) is 2.40. The summed E-state index contributed by atoms with van der Waals surface area (Å²) in [5, 5.41) is 2.87. The van der Waals surface area contributed by atoms with Crippen molar-refractivity contribution in [2.75, 3.05) is 11.6 Å². The van der Waals surface area contributed by atoms with Gasteiger partial charge in [-0.3, -0.25) is 9.78 Å². The smallest absolute Gasteiger partial charge is 0.257 e. The van der Waals surface area contributed by atoms with Crippen LogP contribution in [-0.2, 0) is 14.6 Å². The maximum Gasteiger partial charge on any atom is 0.257 e. The Balaban J connectivity index is 1.62. The molecule has 32 heavy (non-hydrogen) atoms. The first-order valence-corrected chi connectivity index (χ1v) is 12.5. The summed E-state index contributed by atoms with van der Waals surface area (Å²) in [7, 11) is -3.47. The number of anilines is 1. The summed E-state index contributed by atoms with van der Waals surface area (Å²) in [6, 6.07) is 6.33. The molecule has 4 rings (SSSR count). The molecule has 1 aliphatic rings. The van der Waals surface area contributed by atoms with Gasteiger partial charge in [-0.05, 0) is 42.5 Å². The predicted octanol–water partition coefficient (Wildman–Crippen LogP) is 5.01. The molecular formula is C23H22ClN3O4S. The molecule has 0 radical (unpaired) electrons. The van der Waals surface area contributed by atoms with Crippen LogP contribution >= 0.6 is 11.6 Å². The second-order valence-electron chi connectivity index (χ2n) is 7.80. The van der Waals surface area contributed by atoms with Crippen LogP contribution in [0.1, 0.15) is 31.2 Å². The molecule has 0 aliphatic heterocycles. The third-order valence-electron chi connectivity index (χ3n) is 5.40. The van der Waals surface area contributed by atoms with Gasteiger partial charge in [0.2, 0.25) is 0 Å². The maximum absolute atomic E-state index is 13.2. The Labute approximate surface area is 191 Å². The summed E-state index contributed by atoms with van der Waals surface area (Å²) in [4.78, 5) is 21.8. The van der Waals surface area contributed by atoms with E-state index in [0.717, 1.165) is 37.5 Å². The molecule has 1 fully saturated rings. The second kappa shape index (κ2) is 9.26. The number of halogens is 1. The molecule has 1 N–H and O–H groups in total. The Hall–Kier alpha value is -2.97. The molecule has 1 aliphatic carbocycles. The molecule has 1 saturated carbocycles. The first-order chi connectivity index (χ1) is 15.3. The van der Waals surface area contributed by atoms with Crippen LogP contribution in [0.5, 0.6) is 0 Å². The molecule has 3 aromatic rings.